The Balaban J connectivity index is 1.77. The third-order valence-electron chi connectivity index (χ3n) is 4.91. The van der Waals surface area contributed by atoms with Crippen molar-refractivity contribution in [2.24, 2.45) is 0 Å². The largest absolute Gasteiger partial charge is 0.305 e. The van der Waals surface area contributed by atoms with Crippen LogP contribution in [-0.4, -0.2) is 9.38 Å². The summed E-state index contributed by atoms with van der Waals surface area (Å²) in [6.45, 7) is 0. The van der Waals surface area contributed by atoms with Gasteiger partial charge in [-0.05, 0) is 34.9 Å². The maximum absolute atomic E-state index is 4.96. The molecular formula is C25H18N2S. The van der Waals surface area contributed by atoms with Gasteiger partial charge in [-0.15, -0.1) is 12.6 Å². The molecule has 0 amide bonds. The second-order valence-corrected chi connectivity index (χ2v) is 7.29. The lowest BCUT2D eigenvalue weighted by molar-refractivity contribution is 1.19. The lowest BCUT2D eigenvalue weighted by Gasteiger charge is -2.09. The Bertz CT molecular complexity index is 1240. The lowest BCUT2D eigenvalue weighted by Crippen LogP contribution is -1.91. The number of hydrogen-bond donors (Lipinski definition) is 1. The summed E-state index contributed by atoms with van der Waals surface area (Å²) < 4.78 is 2.13. The number of thiol groups is 1. The van der Waals surface area contributed by atoms with Crippen molar-refractivity contribution in [2.45, 2.75) is 4.90 Å². The van der Waals surface area contributed by atoms with Crippen molar-refractivity contribution < 1.29 is 0 Å². The van der Waals surface area contributed by atoms with Gasteiger partial charge in [-0.2, -0.15) is 0 Å². The van der Waals surface area contributed by atoms with E-state index in [9.17, 15) is 0 Å². The maximum atomic E-state index is 4.96. The molecule has 0 aliphatic rings. The predicted octanol–water partition coefficient (Wildman–Crippen LogP) is 6.62. The molecule has 2 aromatic heterocycles. The van der Waals surface area contributed by atoms with Crippen LogP contribution in [0.3, 0.4) is 0 Å². The number of pyridine rings is 1. The van der Waals surface area contributed by atoms with Gasteiger partial charge in [0.05, 0.1) is 5.69 Å². The zero-order valence-corrected chi connectivity index (χ0v) is 16.1. The van der Waals surface area contributed by atoms with Crippen molar-refractivity contribution in [1.29, 1.82) is 0 Å². The van der Waals surface area contributed by atoms with Gasteiger partial charge < -0.3 is 4.40 Å². The van der Waals surface area contributed by atoms with E-state index in [-0.39, 0.29) is 0 Å². The fraction of sp³-hybridized carbons (Fsp3) is 0. The zero-order chi connectivity index (χ0) is 18.9. The molecule has 0 bridgehead atoms. The summed E-state index contributed by atoms with van der Waals surface area (Å²) in [6.07, 6.45) is 4.26. The molecule has 0 unspecified atom stereocenters. The Hall–Kier alpha value is -3.30. The molecule has 0 aliphatic heterocycles. The first kappa shape index (κ1) is 16.8. The monoisotopic (exact) mass is 378 g/mol. The maximum Gasteiger partial charge on any atom is 0.145 e. The van der Waals surface area contributed by atoms with Crippen molar-refractivity contribution in [3.05, 3.63) is 103 Å². The number of hydrogen-bond acceptors (Lipinski definition) is 2. The molecule has 0 atom stereocenters. The molecular weight excluding hydrogens is 360 g/mol. The first-order valence-electron chi connectivity index (χ1n) is 9.21. The molecule has 0 saturated carbocycles. The normalized spacial score (nSPS) is 11.0. The molecule has 2 nitrogen and oxygen atoms in total. The van der Waals surface area contributed by atoms with Gasteiger partial charge in [0, 0.05) is 28.4 Å². The minimum absolute atomic E-state index is 0.949. The highest BCUT2D eigenvalue weighted by Gasteiger charge is 2.12. The van der Waals surface area contributed by atoms with E-state index < -0.39 is 0 Å². The van der Waals surface area contributed by atoms with Crippen LogP contribution in [0, 0.1) is 0 Å². The van der Waals surface area contributed by atoms with Crippen molar-refractivity contribution in [1.82, 2.24) is 9.38 Å². The second-order valence-electron chi connectivity index (χ2n) is 6.78. The average molecular weight is 379 g/mol. The van der Waals surface area contributed by atoms with Crippen LogP contribution in [0.5, 0.6) is 0 Å². The number of benzene rings is 3. The number of imidazole rings is 1. The van der Waals surface area contributed by atoms with Crippen LogP contribution in [0.25, 0.3) is 39.2 Å². The first-order chi connectivity index (χ1) is 13.8. The quantitative estimate of drug-likeness (QED) is 0.349. The average Bonchev–Trinajstić information content (AvgIpc) is 3.19. The Kier molecular flexibility index (Phi) is 4.22. The molecule has 0 saturated heterocycles. The topological polar surface area (TPSA) is 17.3 Å². The highest BCUT2D eigenvalue weighted by Crippen LogP contribution is 2.32. The number of nitrogens with zero attached hydrogens (tertiary/aromatic N) is 2. The van der Waals surface area contributed by atoms with Crippen molar-refractivity contribution in [3.8, 4) is 33.5 Å². The number of rotatable bonds is 3. The summed E-state index contributed by atoms with van der Waals surface area (Å²) >= 11 is 4.43. The Labute approximate surface area is 169 Å². The third-order valence-corrected chi connectivity index (χ3v) is 5.20. The van der Waals surface area contributed by atoms with E-state index >= 15 is 0 Å². The van der Waals surface area contributed by atoms with Gasteiger partial charge in [0.25, 0.3) is 0 Å². The van der Waals surface area contributed by atoms with E-state index in [2.05, 4.69) is 84.0 Å². The van der Waals surface area contributed by atoms with Crippen LogP contribution in [0.1, 0.15) is 0 Å². The standard InChI is InChI=1S/C25H18N2S/c28-22-13-11-19(12-14-22)23-15-21(18-7-3-1-4-8-18)16-27-17-24(26-25(23)27)20-9-5-2-6-10-20/h1-17,28H. The summed E-state index contributed by atoms with van der Waals surface area (Å²) in [4.78, 5) is 5.91. The van der Waals surface area contributed by atoms with Gasteiger partial charge in [0.2, 0.25) is 0 Å². The summed E-state index contributed by atoms with van der Waals surface area (Å²) in [5.41, 5.74) is 7.62. The Morgan fingerprint density at radius 1 is 0.607 bits per heavy atom. The highest BCUT2D eigenvalue weighted by molar-refractivity contribution is 7.80. The van der Waals surface area contributed by atoms with Crippen LogP contribution in [-0.2, 0) is 0 Å². The summed E-state index contributed by atoms with van der Waals surface area (Å²) in [5.74, 6) is 0. The first-order valence-corrected chi connectivity index (χ1v) is 9.66. The van der Waals surface area contributed by atoms with Gasteiger partial charge in [-0.3, -0.25) is 0 Å². The SMILES string of the molecule is Sc1ccc(-c2cc(-c3ccccc3)cn3cc(-c4ccccc4)nc23)cc1. The van der Waals surface area contributed by atoms with Crippen molar-refractivity contribution >= 4 is 18.3 Å². The van der Waals surface area contributed by atoms with Crippen LogP contribution in [0.2, 0.25) is 0 Å². The molecule has 0 spiro atoms. The molecule has 0 radical (unpaired) electrons. The summed E-state index contributed by atoms with van der Waals surface area (Å²) in [5, 5.41) is 0. The van der Waals surface area contributed by atoms with E-state index in [0.29, 0.717) is 0 Å². The van der Waals surface area contributed by atoms with Crippen molar-refractivity contribution in [2.75, 3.05) is 0 Å². The third kappa shape index (κ3) is 3.10. The predicted molar refractivity (Wildman–Crippen MR) is 119 cm³/mol. The van der Waals surface area contributed by atoms with Crippen molar-refractivity contribution in [3.63, 3.8) is 0 Å². The minimum atomic E-state index is 0.949. The lowest BCUT2D eigenvalue weighted by atomic mass is 10.0. The fourth-order valence-corrected chi connectivity index (χ4v) is 3.64. The number of fused-ring (bicyclic) bond motifs is 1. The second kappa shape index (κ2) is 7.02. The summed E-state index contributed by atoms with van der Waals surface area (Å²) in [7, 11) is 0. The fourth-order valence-electron chi connectivity index (χ4n) is 3.49. The van der Waals surface area contributed by atoms with E-state index in [1.54, 1.807) is 0 Å². The molecule has 28 heavy (non-hydrogen) atoms. The molecule has 0 N–H and O–H groups in total. The van der Waals surface area contributed by atoms with E-state index in [0.717, 1.165) is 38.5 Å². The van der Waals surface area contributed by atoms with Gasteiger partial charge in [-0.25, -0.2) is 4.98 Å². The molecule has 0 aliphatic carbocycles. The minimum Gasteiger partial charge on any atom is -0.305 e. The highest BCUT2D eigenvalue weighted by atomic mass is 32.1. The van der Waals surface area contributed by atoms with Gasteiger partial charge >= 0.3 is 0 Å². The molecule has 3 heteroatoms. The van der Waals surface area contributed by atoms with Crippen LogP contribution in [0.4, 0.5) is 0 Å². The molecule has 5 rings (SSSR count). The Morgan fingerprint density at radius 2 is 1.25 bits per heavy atom. The summed E-state index contributed by atoms with van der Waals surface area (Å²) in [6, 6.07) is 31.2. The van der Waals surface area contributed by atoms with Crippen LogP contribution in [0.15, 0.2) is 108 Å². The van der Waals surface area contributed by atoms with E-state index in [1.807, 2.05) is 36.4 Å². The number of aromatic nitrogens is 2. The molecule has 3 aromatic carbocycles. The van der Waals surface area contributed by atoms with Crippen LogP contribution < -0.4 is 0 Å². The molecule has 2 heterocycles. The van der Waals surface area contributed by atoms with E-state index in [4.69, 9.17) is 4.98 Å². The van der Waals surface area contributed by atoms with Gasteiger partial charge in [-0.1, -0.05) is 72.8 Å². The smallest absolute Gasteiger partial charge is 0.145 e. The van der Waals surface area contributed by atoms with Gasteiger partial charge in [0.15, 0.2) is 0 Å². The van der Waals surface area contributed by atoms with Gasteiger partial charge in [0.1, 0.15) is 5.65 Å². The zero-order valence-electron chi connectivity index (χ0n) is 15.2. The Morgan fingerprint density at radius 3 is 1.93 bits per heavy atom. The molecule has 134 valence electrons. The molecule has 5 aromatic rings. The van der Waals surface area contributed by atoms with Crippen LogP contribution >= 0.6 is 12.6 Å². The molecule has 0 fully saturated rings. The van der Waals surface area contributed by atoms with E-state index in [1.165, 1.54) is 5.56 Å².